The van der Waals surface area contributed by atoms with Crippen LogP contribution in [0.4, 0.5) is 4.39 Å². The zero-order chi connectivity index (χ0) is 22.7. The van der Waals surface area contributed by atoms with E-state index in [1.807, 2.05) is 19.1 Å². The highest BCUT2D eigenvalue weighted by molar-refractivity contribution is 5.91. The third-order valence-electron chi connectivity index (χ3n) is 5.33. The fourth-order valence-electron chi connectivity index (χ4n) is 3.55. The maximum absolute atomic E-state index is 14.4. The summed E-state index contributed by atoms with van der Waals surface area (Å²) in [5.74, 6) is -1.44. The average molecular weight is 438 g/mol. The lowest BCUT2D eigenvalue weighted by molar-refractivity contribution is 0.0849. The summed E-state index contributed by atoms with van der Waals surface area (Å²) in [6, 6.07) is 12.8. The van der Waals surface area contributed by atoms with Gasteiger partial charge >= 0.3 is 5.69 Å². The molecule has 1 amide bonds. The average Bonchev–Trinajstić information content (AvgIpc) is 3.31. The van der Waals surface area contributed by atoms with Crippen molar-refractivity contribution in [3.05, 3.63) is 92.0 Å². The molecule has 0 radical (unpaired) electrons. The molecule has 1 saturated heterocycles. The summed E-state index contributed by atoms with van der Waals surface area (Å²) in [5, 5.41) is 6.59. The predicted octanol–water partition coefficient (Wildman–Crippen LogP) is 1.80. The summed E-state index contributed by atoms with van der Waals surface area (Å²) in [5.41, 5.74) is -0.605. The number of rotatable bonds is 6. The van der Waals surface area contributed by atoms with Crippen LogP contribution in [-0.4, -0.2) is 39.5 Å². The van der Waals surface area contributed by atoms with Gasteiger partial charge in [-0.3, -0.25) is 14.2 Å². The van der Waals surface area contributed by atoms with Crippen molar-refractivity contribution in [1.29, 1.82) is 0 Å². The molecular weight excluding hydrogens is 415 g/mol. The lowest BCUT2D eigenvalue weighted by Crippen LogP contribution is -2.46. The highest BCUT2D eigenvalue weighted by Gasteiger charge is 2.23. The summed E-state index contributed by atoms with van der Waals surface area (Å²) in [4.78, 5) is 39.0. The van der Waals surface area contributed by atoms with Crippen LogP contribution >= 0.6 is 0 Å². The van der Waals surface area contributed by atoms with E-state index in [2.05, 4.69) is 10.4 Å². The SMILES string of the molecule is Cc1ccc(Cn2c(=O)c(C(=O)NC[C@@H]3CCCO3)nn(-c3ccccc3F)c2=O)cc1. The fourth-order valence-corrected chi connectivity index (χ4v) is 3.55. The molecular formula is C23H23FN4O4. The second-order valence-electron chi connectivity index (χ2n) is 7.72. The minimum absolute atomic E-state index is 0.0824. The fraction of sp³-hybridized carbons (Fsp3) is 0.304. The number of amides is 1. The van der Waals surface area contributed by atoms with Crippen LogP contribution in [0.3, 0.4) is 0 Å². The van der Waals surface area contributed by atoms with Gasteiger partial charge in [-0.05, 0) is 37.5 Å². The van der Waals surface area contributed by atoms with Gasteiger partial charge in [-0.25, -0.2) is 9.18 Å². The zero-order valence-electron chi connectivity index (χ0n) is 17.6. The summed E-state index contributed by atoms with van der Waals surface area (Å²) >= 11 is 0. The van der Waals surface area contributed by atoms with E-state index < -0.39 is 28.7 Å². The van der Waals surface area contributed by atoms with E-state index in [9.17, 15) is 18.8 Å². The lowest BCUT2D eigenvalue weighted by atomic mass is 10.1. The molecule has 0 spiro atoms. The molecule has 1 atom stereocenters. The Bertz CT molecular complexity index is 1240. The number of hydrogen-bond donors (Lipinski definition) is 1. The molecule has 0 saturated carbocycles. The van der Waals surface area contributed by atoms with E-state index in [1.54, 1.807) is 18.2 Å². The summed E-state index contributed by atoms with van der Waals surface area (Å²) in [6.45, 7) is 2.68. The lowest BCUT2D eigenvalue weighted by Gasteiger charge is -2.14. The van der Waals surface area contributed by atoms with E-state index in [0.717, 1.165) is 27.7 Å². The number of hydrogen-bond acceptors (Lipinski definition) is 5. The number of aromatic nitrogens is 3. The third kappa shape index (κ3) is 4.52. The Labute approximate surface area is 183 Å². The minimum Gasteiger partial charge on any atom is -0.376 e. The van der Waals surface area contributed by atoms with Crippen LogP contribution in [0.1, 0.15) is 34.5 Å². The van der Waals surface area contributed by atoms with Crippen molar-refractivity contribution in [2.24, 2.45) is 0 Å². The van der Waals surface area contributed by atoms with Gasteiger partial charge in [0.1, 0.15) is 11.5 Å². The summed E-state index contributed by atoms with van der Waals surface area (Å²) in [6.07, 6.45) is 1.58. The van der Waals surface area contributed by atoms with E-state index in [4.69, 9.17) is 4.74 Å². The smallest absolute Gasteiger partial charge is 0.352 e. The Kier molecular flexibility index (Phi) is 6.27. The van der Waals surface area contributed by atoms with Gasteiger partial charge in [0.25, 0.3) is 11.5 Å². The predicted molar refractivity (Wildman–Crippen MR) is 116 cm³/mol. The molecule has 166 valence electrons. The van der Waals surface area contributed by atoms with Crippen LogP contribution in [0, 0.1) is 12.7 Å². The number of ether oxygens (including phenoxy) is 1. The molecule has 1 aliphatic heterocycles. The number of halogens is 1. The first-order chi connectivity index (χ1) is 15.4. The van der Waals surface area contributed by atoms with Crippen molar-refractivity contribution in [3.8, 4) is 5.69 Å². The van der Waals surface area contributed by atoms with Crippen molar-refractivity contribution < 1.29 is 13.9 Å². The van der Waals surface area contributed by atoms with Crippen molar-refractivity contribution in [2.45, 2.75) is 32.4 Å². The van der Waals surface area contributed by atoms with Gasteiger partial charge in [-0.15, -0.1) is 0 Å². The molecule has 1 fully saturated rings. The van der Waals surface area contributed by atoms with Gasteiger partial charge in [0.05, 0.1) is 12.6 Å². The molecule has 1 aromatic heterocycles. The molecule has 1 N–H and O–H groups in total. The molecule has 9 heteroatoms. The quantitative estimate of drug-likeness (QED) is 0.633. The highest BCUT2D eigenvalue weighted by Crippen LogP contribution is 2.11. The molecule has 1 aliphatic rings. The van der Waals surface area contributed by atoms with Crippen LogP contribution in [0.15, 0.2) is 58.1 Å². The van der Waals surface area contributed by atoms with E-state index >= 15 is 0 Å². The molecule has 0 unspecified atom stereocenters. The van der Waals surface area contributed by atoms with E-state index in [1.165, 1.54) is 18.2 Å². The van der Waals surface area contributed by atoms with Crippen molar-refractivity contribution in [3.63, 3.8) is 0 Å². The molecule has 8 nitrogen and oxygen atoms in total. The van der Waals surface area contributed by atoms with Gasteiger partial charge in [0.15, 0.2) is 0 Å². The molecule has 2 aromatic carbocycles. The van der Waals surface area contributed by atoms with E-state index in [-0.39, 0.29) is 24.9 Å². The van der Waals surface area contributed by atoms with Crippen LogP contribution in [0.2, 0.25) is 0 Å². The molecule has 32 heavy (non-hydrogen) atoms. The van der Waals surface area contributed by atoms with Crippen molar-refractivity contribution >= 4 is 5.91 Å². The maximum Gasteiger partial charge on any atom is 0.352 e. The van der Waals surface area contributed by atoms with Crippen LogP contribution in [-0.2, 0) is 11.3 Å². The van der Waals surface area contributed by atoms with Crippen molar-refractivity contribution in [1.82, 2.24) is 19.7 Å². The first-order valence-corrected chi connectivity index (χ1v) is 10.4. The van der Waals surface area contributed by atoms with Gasteiger partial charge in [-0.1, -0.05) is 42.0 Å². The normalized spacial score (nSPS) is 15.6. The number of benzene rings is 2. The summed E-state index contributed by atoms with van der Waals surface area (Å²) < 4.78 is 21.6. The number of para-hydroxylation sites is 1. The van der Waals surface area contributed by atoms with Gasteiger partial charge < -0.3 is 10.1 Å². The number of carbonyl (C=O) groups is 1. The maximum atomic E-state index is 14.4. The molecule has 0 bridgehead atoms. The molecule has 0 aliphatic carbocycles. The Morgan fingerprint density at radius 2 is 1.94 bits per heavy atom. The Balaban J connectivity index is 1.77. The van der Waals surface area contributed by atoms with Crippen molar-refractivity contribution in [2.75, 3.05) is 13.2 Å². The molecule has 3 aromatic rings. The van der Waals surface area contributed by atoms with Gasteiger partial charge in [0.2, 0.25) is 5.69 Å². The third-order valence-corrected chi connectivity index (χ3v) is 5.33. The van der Waals surface area contributed by atoms with Crippen LogP contribution < -0.4 is 16.6 Å². The van der Waals surface area contributed by atoms with Gasteiger partial charge in [0, 0.05) is 13.2 Å². The van der Waals surface area contributed by atoms with Crippen LogP contribution in [0.25, 0.3) is 5.69 Å². The number of aryl methyl sites for hydroxylation is 1. The van der Waals surface area contributed by atoms with E-state index in [0.29, 0.717) is 12.2 Å². The Morgan fingerprint density at radius 3 is 2.62 bits per heavy atom. The first kappa shape index (κ1) is 21.6. The van der Waals surface area contributed by atoms with Gasteiger partial charge in [-0.2, -0.15) is 9.78 Å². The molecule has 4 rings (SSSR count). The number of carbonyl (C=O) groups excluding carboxylic acids is 1. The number of nitrogens with one attached hydrogen (secondary N) is 1. The molecule has 2 heterocycles. The zero-order valence-corrected chi connectivity index (χ0v) is 17.6. The Hall–Kier alpha value is -3.59. The summed E-state index contributed by atoms with van der Waals surface area (Å²) in [7, 11) is 0. The minimum atomic E-state index is -0.840. The second-order valence-corrected chi connectivity index (χ2v) is 7.72. The topological polar surface area (TPSA) is 95.2 Å². The first-order valence-electron chi connectivity index (χ1n) is 10.4. The largest absolute Gasteiger partial charge is 0.376 e. The highest BCUT2D eigenvalue weighted by atomic mass is 19.1. The number of nitrogens with zero attached hydrogens (tertiary/aromatic N) is 3. The standard InChI is InChI=1S/C23H23FN4O4/c1-15-8-10-16(11-9-15)14-27-22(30)20(21(29)25-13-17-5-4-12-32-17)26-28(23(27)31)19-7-3-2-6-18(19)24/h2-3,6-11,17H,4-5,12-14H2,1H3,(H,25,29)/t17-/m0/s1. The van der Waals surface area contributed by atoms with Crippen LogP contribution in [0.5, 0.6) is 0 Å². The monoisotopic (exact) mass is 438 g/mol. The Morgan fingerprint density at radius 1 is 1.19 bits per heavy atom. The second kappa shape index (κ2) is 9.27.